The summed E-state index contributed by atoms with van der Waals surface area (Å²) in [5.41, 5.74) is 1.52. The maximum absolute atomic E-state index is 12.5. The van der Waals surface area contributed by atoms with E-state index in [4.69, 9.17) is 9.47 Å². The van der Waals surface area contributed by atoms with Crippen molar-refractivity contribution < 1.29 is 14.3 Å². The molecule has 0 spiro atoms. The van der Waals surface area contributed by atoms with Gasteiger partial charge in [0.2, 0.25) is 0 Å². The number of halogens is 2. The summed E-state index contributed by atoms with van der Waals surface area (Å²) in [5, 5.41) is 3.02. The average Bonchev–Trinajstić information content (AvgIpc) is 2.57. The van der Waals surface area contributed by atoms with Crippen molar-refractivity contribution in [1.82, 2.24) is 5.32 Å². The second-order valence-corrected chi connectivity index (χ2v) is 7.07. The Morgan fingerprint density at radius 1 is 1.04 bits per heavy atom. The quantitative estimate of drug-likeness (QED) is 0.581. The molecule has 0 aliphatic carbocycles. The van der Waals surface area contributed by atoms with Crippen molar-refractivity contribution in [2.45, 2.75) is 26.8 Å². The van der Waals surface area contributed by atoms with E-state index in [1.807, 2.05) is 51.1 Å². The van der Waals surface area contributed by atoms with Crippen molar-refractivity contribution in [2.24, 2.45) is 0 Å². The van der Waals surface area contributed by atoms with Gasteiger partial charge in [0.15, 0.2) is 11.5 Å². The third-order valence-electron chi connectivity index (χ3n) is 3.60. The molecular formula is C19H21Br2NO3. The van der Waals surface area contributed by atoms with Crippen LogP contribution in [0.5, 0.6) is 11.5 Å². The summed E-state index contributed by atoms with van der Waals surface area (Å²) in [6.45, 7) is 6.89. The van der Waals surface area contributed by atoms with Gasteiger partial charge in [-0.15, -0.1) is 0 Å². The Hall–Kier alpha value is -1.53. The third-order valence-corrected chi connectivity index (χ3v) is 4.97. The van der Waals surface area contributed by atoms with Crippen LogP contribution in [0.3, 0.4) is 0 Å². The summed E-state index contributed by atoms with van der Waals surface area (Å²) in [4.78, 5) is 12.5. The standard InChI is InChI=1S/C19H21Br2NO3/c1-4-24-17-10-14(16(21)11-18(17)25-5-2)12(3)22-19(23)13-8-6-7-9-15(13)20/h6-12H,4-5H2,1-3H3,(H,22,23). The van der Waals surface area contributed by atoms with E-state index < -0.39 is 0 Å². The molecule has 2 rings (SSSR count). The van der Waals surface area contributed by atoms with Crippen molar-refractivity contribution in [3.63, 3.8) is 0 Å². The first-order chi connectivity index (χ1) is 12.0. The van der Waals surface area contributed by atoms with Crippen LogP contribution in [0.2, 0.25) is 0 Å². The van der Waals surface area contributed by atoms with E-state index in [9.17, 15) is 4.79 Å². The second kappa shape index (κ2) is 9.25. The first kappa shape index (κ1) is 19.8. The normalized spacial score (nSPS) is 11.7. The number of carbonyl (C=O) groups is 1. The highest BCUT2D eigenvalue weighted by atomic mass is 79.9. The van der Waals surface area contributed by atoms with Crippen LogP contribution in [-0.2, 0) is 0 Å². The van der Waals surface area contributed by atoms with Crippen molar-refractivity contribution >= 4 is 37.8 Å². The van der Waals surface area contributed by atoms with Gasteiger partial charge in [0.05, 0.1) is 24.8 Å². The van der Waals surface area contributed by atoms with Gasteiger partial charge in [-0.2, -0.15) is 0 Å². The van der Waals surface area contributed by atoms with Crippen molar-refractivity contribution in [1.29, 1.82) is 0 Å². The number of nitrogens with one attached hydrogen (secondary N) is 1. The van der Waals surface area contributed by atoms with Gasteiger partial charge in [-0.1, -0.05) is 28.1 Å². The zero-order valence-corrected chi connectivity index (χ0v) is 17.6. The summed E-state index contributed by atoms with van der Waals surface area (Å²) < 4.78 is 12.9. The SMILES string of the molecule is CCOc1cc(Br)c(C(C)NC(=O)c2ccccc2Br)cc1OCC. The maximum atomic E-state index is 12.5. The minimum atomic E-state index is -0.205. The minimum Gasteiger partial charge on any atom is -0.490 e. The highest BCUT2D eigenvalue weighted by molar-refractivity contribution is 9.10. The molecule has 2 aromatic carbocycles. The summed E-state index contributed by atoms with van der Waals surface area (Å²) in [6, 6.07) is 10.9. The van der Waals surface area contributed by atoms with E-state index in [0.717, 1.165) is 14.5 Å². The minimum absolute atomic E-state index is 0.140. The molecule has 0 bridgehead atoms. The van der Waals surface area contributed by atoms with Crippen LogP contribution in [0, 0.1) is 0 Å². The summed E-state index contributed by atoms with van der Waals surface area (Å²) >= 11 is 6.98. The zero-order valence-electron chi connectivity index (χ0n) is 14.4. The molecule has 134 valence electrons. The molecule has 6 heteroatoms. The Morgan fingerprint density at radius 3 is 2.24 bits per heavy atom. The van der Waals surface area contributed by atoms with E-state index >= 15 is 0 Å². The van der Waals surface area contributed by atoms with Gasteiger partial charge < -0.3 is 14.8 Å². The second-order valence-electron chi connectivity index (χ2n) is 5.36. The summed E-state index contributed by atoms with van der Waals surface area (Å²) in [5.74, 6) is 1.22. The Kier molecular flexibility index (Phi) is 7.32. The Balaban J connectivity index is 2.26. The maximum Gasteiger partial charge on any atom is 0.252 e. The number of benzene rings is 2. The lowest BCUT2D eigenvalue weighted by atomic mass is 10.1. The monoisotopic (exact) mass is 469 g/mol. The molecule has 2 aromatic rings. The zero-order chi connectivity index (χ0) is 18.4. The largest absolute Gasteiger partial charge is 0.490 e. The van der Waals surface area contributed by atoms with Crippen LogP contribution in [0.4, 0.5) is 0 Å². The van der Waals surface area contributed by atoms with Gasteiger partial charge in [0.1, 0.15) is 0 Å². The van der Waals surface area contributed by atoms with E-state index in [-0.39, 0.29) is 11.9 Å². The lowest BCUT2D eigenvalue weighted by molar-refractivity contribution is 0.0939. The molecule has 0 aliphatic heterocycles. The first-order valence-electron chi connectivity index (χ1n) is 8.12. The van der Waals surface area contributed by atoms with Crippen LogP contribution < -0.4 is 14.8 Å². The molecule has 0 fully saturated rings. The molecular weight excluding hydrogens is 450 g/mol. The number of hydrogen-bond donors (Lipinski definition) is 1. The lowest BCUT2D eigenvalue weighted by Crippen LogP contribution is -2.27. The fourth-order valence-electron chi connectivity index (χ4n) is 2.42. The highest BCUT2D eigenvalue weighted by Gasteiger charge is 2.18. The molecule has 1 amide bonds. The van der Waals surface area contributed by atoms with Gasteiger partial charge in [-0.25, -0.2) is 0 Å². The summed E-state index contributed by atoms with van der Waals surface area (Å²) in [7, 11) is 0. The molecule has 4 nitrogen and oxygen atoms in total. The van der Waals surface area contributed by atoms with Gasteiger partial charge in [0.25, 0.3) is 5.91 Å². The van der Waals surface area contributed by atoms with Crippen LogP contribution in [-0.4, -0.2) is 19.1 Å². The molecule has 1 N–H and O–H groups in total. The fraction of sp³-hybridized carbons (Fsp3) is 0.316. The molecule has 0 radical (unpaired) electrons. The molecule has 0 heterocycles. The Bertz CT molecular complexity index is 749. The molecule has 0 aromatic heterocycles. The predicted molar refractivity (Wildman–Crippen MR) is 107 cm³/mol. The van der Waals surface area contributed by atoms with Gasteiger partial charge in [0, 0.05) is 8.95 Å². The third kappa shape index (κ3) is 4.98. The average molecular weight is 471 g/mol. The smallest absolute Gasteiger partial charge is 0.252 e. The van der Waals surface area contributed by atoms with Crippen LogP contribution in [0.25, 0.3) is 0 Å². The fourth-order valence-corrected chi connectivity index (χ4v) is 3.55. The number of amides is 1. The van der Waals surface area contributed by atoms with Crippen molar-refractivity contribution in [3.8, 4) is 11.5 Å². The lowest BCUT2D eigenvalue weighted by Gasteiger charge is -2.19. The van der Waals surface area contributed by atoms with Crippen LogP contribution in [0.15, 0.2) is 45.3 Å². The molecule has 1 unspecified atom stereocenters. The van der Waals surface area contributed by atoms with Gasteiger partial charge >= 0.3 is 0 Å². The van der Waals surface area contributed by atoms with Crippen LogP contribution in [0.1, 0.15) is 42.7 Å². The van der Waals surface area contributed by atoms with E-state index in [1.165, 1.54) is 0 Å². The molecule has 25 heavy (non-hydrogen) atoms. The number of hydrogen-bond acceptors (Lipinski definition) is 3. The van der Waals surface area contributed by atoms with E-state index in [0.29, 0.717) is 30.3 Å². The Morgan fingerprint density at radius 2 is 1.64 bits per heavy atom. The molecule has 1 atom stereocenters. The van der Waals surface area contributed by atoms with E-state index in [2.05, 4.69) is 37.2 Å². The van der Waals surface area contributed by atoms with Crippen molar-refractivity contribution in [3.05, 3.63) is 56.5 Å². The van der Waals surface area contributed by atoms with Gasteiger partial charge in [-0.3, -0.25) is 4.79 Å². The Labute approximate surface area is 165 Å². The van der Waals surface area contributed by atoms with E-state index in [1.54, 1.807) is 6.07 Å². The number of ether oxygens (including phenoxy) is 2. The highest BCUT2D eigenvalue weighted by Crippen LogP contribution is 2.36. The van der Waals surface area contributed by atoms with Crippen LogP contribution >= 0.6 is 31.9 Å². The topological polar surface area (TPSA) is 47.6 Å². The molecule has 0 saturated carbocycles. The van der Waals surface area contributed by atoms with Crippen molar-refractivity contribution in [2.75, 3.05) is 13.2 Å². The predicted octanol–water partition coefficient (Wildman–Crippen LogP) is 5.50. The molecule has 0 saturated heterocycles. The van der Waals surface area contributed by atoms with Gasteiger partial charge in [-0.05, 0) is 66.5 Å². The molecule has 0 aliphatic rings. The number of carbonyl (C=O) groups excluding carboxylic acids is 1. The summed E-state index contributed by atoms with van der Waals surface area (Å²) in [6.07, 6.45) is 0. The number of rotatable bonds is 7. The first-order valence-corrected chi connectivity index (χ1v) is 9.70.